The summed E-state index contributed by atoms with van der Waals surface area (Å²) in [4.78, 5) is 18.1. The van der Waals surface area contributed by atoms with Crippen LogP contribution in [0.3, 0.4) is 0 Å². The standard InChI is InChI=1S/C10H11O3P/c1-3-8-6-5-7-10(9(8)4-2)14(11,12)13/h3-7H,1-2H2,(H2,11,12,13). The summed E-state index contributed by atoms with van der Waals surface area (Å²) >= 11 is 0. The Bertz CT molecular complexity index is 417. The van der Waals surface area contributed by atoms with Gasteiger partial charge in [-0.1, -0.05) is 37.4 Å². The zero-order valence-electron chi connectivity index (χ0n) is 7.55. The van der Waals surface area contributed by atoms with Crippen molar-refractivity contribution in [2.45, 2.75) is 0 Å². The molecule has 14 heavy (non-hydrogen) atoms. The zero-order valence-corrected chi connectivity index (χ0v) is 8.45. The molecule has 0 aliphatic heterocycles. The molecule has 0 atom stereocenters. The summed E-state index contributed by atoms with van der Waals surface area (Å²) in [5.41, 5.74) is 1.11. The Morgan fingerprint density at radius 1 is 1.21 bits per heavy atom. The predicted octanol–water partition coefficient (Wildman–Crippen LogP) is 1.78. The van der Waals surface area contributed by atoms with Gasteiger partial charge in [-0.15, -0.1) is 0 Å². The summed E-state index contributed by atoms with van der Waals surface area (Å²) in [6.45, 7) is 7.08. The smallest absolute Gasteiger partial charge is 0.321 e. The van der Waals surface area contributed by atoms with Crippen LogP contribution in [-0.2, 0) is 4.57 Å². The van der Waals surface area contributed by atoms with Crippen LogP contribution in [0, 0.1) is 0 Å². The third-order valence-corrected chi connectivity index (χ3v) is 2.87. The third kappa shape index (κ3) is 2.02. The van der Waals surface area contributed by atoms with Crippen LogP contribution in [0.25, 0.3) is 12.2 Å². The van der Waals surface area contributed by atoms with Crippen LogP contribution in [-0.4, -0.2) is 9.79 Å². The molecule has 0 fully saturated rings. The van der Waals surface area contributed by atoms with Gasteiger partial charge in [0.15, 0.2) is 0 Å². The van der Waals surface area contributed by atoms with Gasteiger partial charge in [0.25, 0.3) is 0 Å². The van der Waals surface area contributed by atoms with Crippen molar-refractivity contribution in [1.29, 1.82) is 0 Å². The average molecular weight is 210 g/mol. The van der Waals surface area contributed by atoms with Crippen molar-refractivity contribution >= 4 is 25.1 Å². The van der Waals surface area contributed by atoms with Crippen molar-refractivity contribution in [3.05, 3.63) is 42.5 Å². The first-order valence-corrected chi connectivity index (χ1v) is 5.56. The molecular formula is C10H11O3P. The molecule has 1 aromatic carbocycles. The van der Waals surface area contributed by atoms with E-state index in [1.807, 2.05) is 0 Å². The fourth-order valence-corrected chi connectivity index (χ4v) is 2.04. The molecule has 4 heteroatoms. The summed E-state index contributed by atoms with van der Waals surface area (Å²) in [7, 11) is -4.23. The maximum atomic E-state index is 11.1. The van der Waals surface area contributed by atoms with Crippen molar-refractivity contribution in [3.63, 3.8) is 0 Å². The molecule has 0 radical (unpaired) electrons. The maximum absolute atomic E-state index is 11.1. The Morgan fingerprint density at radius 3 is 2.29 bits per heavy atom. The van der Waals surface area contributed by atoms with Gasteiger partial charge < -0.3 is 9.79 Å². The lowest BCUT2D eigenvalue weighted by Gasteiger charge is -2.10. The molecule has 0 saturated heterocycles. The number of hydrogen-bond acceptors (Lipinski definition) is 1. The first-order chi connectivity index (χ1) is 6.50. The molecule has 0 heterocycles. The van der Waals surface area contributed by atoms with E-state index in [2.05, 4.69) is 13.2 Å². The summed E-state index contributed by atoms with van der Waals surface area (Å²) in [6, 6.07) is 4.70. The van der Waals surface area contributed by atoms with Gasteiger partial charge in [-0.2, -0.15) is 0 Å². The summed E-state index contributed by atoms with van der Waals surface area (Å²) in [5.74, 6) is 0. The highest BCUT2D eigenvalue weighted by Gasteiger charge is 2.20. The van der Waals surface area contributed by atoms with E-state index >= 15 is 0 Å². The Balaban J connectivity index is 3.52. The molecule has 3 nitrogen and oxygen atoms in total. The molecule has 1 aromatic rings. The van der Waals surface area contributed by atoms with Crippen LogP contribution < -0.4 is 5.30 Å². The van der Waals surface area contributed by atoms with E-state index < -0.39 is 7.60 Å². The van der Waals surface area contributed by atoms with E-state index in [4.69, 9.17) is 9.79 Å². The van der Waals surface area contributed by atoms with Crippen LogP contribution in [0.4, 0.5) is 0 Å². The normalized spacial score (nSPS) is 11.0. The van der Waals surface area contributed by atoms with Crippen LogP contribution in [0.1, 0.15) is 11.1 Å². The van der Waals surface area contributed by atoms with Crippen molar-refractivity contribution in [1.82, 2.24) is 0 Å². The quantitative estimate of drug-likeness (QED) is 0.747. The molecule has 0 aromatic heterocycles. The highest BCUT2D eigenvalue weighted by molar-refractivity contribution is 7.60. The third-order valence-electron chi connectivity index (χ3n) is 1.85. The van der Waals surface area contributed by atoms with E-state index in [1.165, 1.54) is 18.2 Å². The van der Waals surface area contributed by atoms with Crippen molar-refractivity contribution in [2.75, 3.05) is 0 Å². The Hall–Kier alpha value is -1.15. The van der Waals surface area contributed by atoms with Gasteiger partial charge >= 0.3 is 7.60 Å². The van der Waals surface area contributed by atoms with Crippen molar-refractivity contribution in [3.8, 4) is 0 Å². The van der Waals surface area contributed by atoms with Crippen LogP contribution in [0.15, 0.2) is 31.4 Å². The molecular weight excluding hydrogens is 199 g/mol. The first-order valence-electron chi connectivity index (χ1n) is 3.94. The van der Waals surface area contributed by atoms with Gasteiger partial charge in [0.1, 0.15) is 0 Å². The summed E-state index contributed by atoms with van der Waals surface area (Å²) in [5, 5.41) is -0.00935. The molecule has 1 rings (SSSR count). The monoisotopic (exact) mass is 210 g/mol. The molecule has 74 valence electrons. The van der Waals surface area contributed by atoms with Gasteiger partial charge in [0, 0.05) is 0 Å². The summed E-state index contributed by atoms with van der Waals surface area (Å²) in [6.07, 6.45) is 2.96. The van der Waals surface area contributed by atoms with Gasteiger partial charge in [-0.3, -0.25) is 4.57 Å². The highest BCUT2D eigenvalue weighted by atomic mass is 31.2. The SMILES string of the molecule is C=Cc1cccc(P(=O)(O)O)c1C=C. The summed E-state index contributed by atoms with van der Waals surface area (Å²) < 4.78 is 11.1. The van der Waals surface area contributed by atoms with E-state index in [1.54, 1.807) is 12.1 Å². The van der Waals surface area contributed by atoms with E-state index in [0.717, 1.165) is 0 Å². The van der Waals surface area contributed by atoms with E-state index in [0.29, 0.717) is 11.1 Å². The van der Waals surface area contributed by atoms with E-state index in [9.17, 15) is 4.57 Å². The van der Waals surface area contributed by atoms with Crippen LogP contribution >= 0.6 is 7.60 Å². The Labute approximate surface area is 82.6 Å². The van der Waals surface area contributed by atoms with Crippen LogP contribution in [0.2, 0.25) is 0 Å². The lowest BCUT2D eigenvalue weighted by atomic mass is 10.1. The lowest BCUT2D eigenvalue weighted by Crippen LogP contribution is -2.09. The van der Waals surface area contributed by atoms with Crippen LogP contribution in [0.5, 0.6) is 0 Å². The van der Waals surface area contributed by atoms with Gasteiger partial charge in [-0.25, -0.2) is 0 Å². The molecule has 2 N–H and O–H groups in total. The molecule has 0 unspecified atom stereocenters. The predicted molar refractivity (Wildman–Crippen MR) is 58.3 cm³/mol. The number of benzene rings is 1. The van der Waals surface area contributed by atoms with Gasteiger partial charge in [0.05, 0.1) is 5.30 Å². The average Bonchev–Trinajstić information content (AvgIpc) is 2.15. The molecule has 0 saturated carbocycles. The Kier molecular flexibility index (Phi) is 3.06. The van der Waals surface area contributed by atoms with Crippen molar-refractivity contribution in [2.24, 2.45) is 0 Å². The van der Waals surface area contributed by atoms with Gasteiger partial charge in [0.2, 0.25) is 0 Å². The molecule has 0 aliphatic carbocycles. The number of hydrogen-bond donors (Lipinski definition) is 2. The highest BCUT2D eigenvalue weighted by Crippen LogP contribution is 2.35. The maximum Gasteiger partial charge on any atom is 0.356 e. The van der Waals surface area contributed by atoms with E-state index in [-0.39, 0.29) is 5.30 Å². The second-order valence-electron chi connectivity index (χ2n) is 2.73. The molecule has 0 aliphatic rings. The molecule has 0 amide bonds. The largest absolute Gasteiger partial charge is 0.356 e. The minimum absolute atomic E-state index is 0.00935. The fourth-order valence-electron chi connectivity index (χ4n) is 1.22. The number of rotatable bonds is 3. The zero-order chi connectivity index (χ0) is 10.8. The minimum atomic E-state index is -4.23. The second kappa shape index (κ2) is 3.93. The first kappa shape index (κ1) is 10.9. The van der Waals surface area contributed by atoms with Crippen molar-refractivity contribution < 1.29 is 14.4 Å². The second-order valence-corrected chi connectivity index (χ2v) is 4.30. The fraction of sp³-hybridized carbons (Fsp3) is 0. The Morgan fingerprint density at radius 2 is 1.86 bits per heavy atom. The lowest BCUT2D eigenvalue weighted by molar-refractivity contribution is 0.387. The van der Waals surface area contributed by atoms with Gasteiger partial charge in [-0.05, 0) is 17.2 Å². The molecule has 0 spiro atoms. The molecule has 0 bridgehead atoms. The minimum Gasteiger partial charge on any atom is -0.321 e. The topological polar surface area (TPSA) is 57.5 Å².